The lowest BCUT2D eigenvalue weighted by Gasteiger charge is -2.24. The number of hydrogen-bond donors (Lipinski definition) is 1. The summed E-state index contributed by atoms with van der Waals surface area (Å²) in [5, 5.41) is 8.23. The van der Waals surface area contributed by atoms with Crippen molar-refractivity contribution in [1.29, 1.82) is 0 Å². The summed E-state index contributed by atoms with van der Waals surface area (Å²) in [6.07, 6.45) is 4.57. The van der Waals surface area contributed by atoms with Gasteiger partial charge in [-0.2, -0.15) is 5.10 Å². The molecule has 2 aromatic heterocycles. The fourth-order valence-electron chi connectivity index (χ4n) is 2.46. The third kappa shape index (κ3) is 4.35. The van der Waals surface area contributed by atoms with Gasteiger partial charge in [0.25, 0.3) is 0 Å². The predicted molar refractivity (Wildman–Crippen MR) is 97.4 cm³/mol. The summed E-state index contributed by atoms with van der Waals surface area (Å²) in [5.74, 6) is 0.410. The first-order chi connectivity index (χ1) is 11.3. The van der Waals surface area contributed by atoms with Crippen LogP contribution in [0.25, 0.3) is 0 Å². The molecule has 0 radical (unpaired) electrons. The molecule has 0 bridgehead atoms. The summed E-state index contributed by atoms with van der Waals surface area (Å²) < 4.78 is 1.77. The number of aryl methyl sites for hydroxylation is 2. The van der Waals surface area contributed by atoms with E-state index in [2.05, 4.69) is 29.2 Å². The maximum atomic E-state index is 12.4. The zero-order chi connectivity index (χ0) is 17.9. The topological polar surface area (TPSA) is 63.1 Å². The second kappa shape index (κ2) is 7.79. The maximum Gasteiger partial charge on any atom is 0.317 e. The molecule has 2 amide bonds. The van der Waals surface area contributed by atoms with Gasteiger partial charge in [-0.1, -0.05) is 13.8 Å². The first kappa shape index (κ1) is 18.4. The number of nitrogens with zero attached hydrogens (tertiary/aromatic N) is 4. The third-order valence-electron chi connectivity index (χ3n) is 4.07. The highest BCUT2D eigenvalue weighted by Crippen LogP contribution is 2.31. The molecule has 2 rings (SSSR count). The van der Waals surface area contributed by atoms with Gasteiger partial charge in [-0.3, -0.25) is 4.68 Å². The van der Waals surface area contributed by atoms with Crippen molar-refractivity contribution in [2.45, 2.75) is 46.1 Å². The lowest BCUT2D eigenvalue weighted by Crippen LogP contribution is -2.39. The number of aromatic nitrogens is 3. The first-order valence-corrected chi connectivity index (χ1v) is 9.06. The van der Waals surface area contributed by atoms with Crippen LogP contribution < -0.4 is 5.32 Å². The van der Waals surface area contributed by atoms with Crippen LogP contribution in [0.2, 0.25) is 0 Å². The number of urea groups is 1. The van der Waals surface area contributed by atoms with E-state index < -0.39 is 0 Å². The number of rotatable bonds is 6. The Bertz CT molecular complexity index is 691. The van der Waals surface area contributed by atoms with Gasteiger partial charge in [0.05, 0.1) is 22.9 Å². The van der Waals surface area contributed by atoms with Crippen LogP contribution in [-0.4, -0.2) is 39.3 Å². The molecule has 132 valence electrons. The van der Waals surface area contributed by atoms with Crippen molar-refractivity contribution in [3.8, 4) is 0 Å². The van der Waals surface area contributed by atoms with Gasteiger partial charge < -0.3 is 10.2 Å². The molecule has 2 heterocycles. The van der Waals surface area contributed by atoms with Crippen molar-refractivity contribution in [3.63, 3.8) is 0 Å². The smallest absolute Gasteiger partial charge is 0.317 e. The van der Waals surface area contributed by atoms with Crippen LogP contribution in [0.1, 0.15) is 53.9 Å². The molecule has 0 saturated heterocycles. The lowest BCUT2D eigenvalue weighted by atomic mass is 10.2. The molecule has 7 heteroatoms. The molecule has 24 heavy (non-hydrogen) atoms. The molecule has 0 fully saturated rings. The lowest BCUT2D eigenvalue weighted by molar-refractivity contribution is 0.195. The van der Waals surface area contributed by atoms with E-state index in [0.29, 0.717) is 12.5 Å². The molecule has 0 aliphatic heterocycles. The number of hydrogen-bond acceptors (Lipinski definition) is 4. The van der Waals surface area contributed by atoms with E-state index in [1.54, 1.807) is 20.9 Å². The molecular weight excluding hydrogens is 322 g/mol. The Morgan fingerprint density at radius 2 is 2.12 bits per heavy atom. The highest BCUT2D eigenvalue weighted by molar-refractivity contribution is 7.11. The molecule has 0 aliphatic rings. The standard InChI is InChI=1S/C17H27N5OS/c1-11(2)16-20-12(3)15(24-16)13(4)22(6)17(23)18-8-7-14-9-19-21(5)10-14/h9-11,13H,7-8H2,1-6H3,(H,18,23)/t13-/m1/s1. The largest absolute Gasteiger partial charge is 0.338 e. The highest BCUT2D eigenvalue weighted by atomic mass is 32.1. The van der Waals surface area contributed by atoms with Gasteiger partial charge in [0, 0.05) is 37.6 Å². The molecule has 2 aromatic rings. The highest BCUT2D eigenvalue weighted by Gasteiger charge is 2.22. The Balaban J connectivity index is 1.91. The van der Waals surface area contributed by atoms with E-state index in [9.17, 15) is 4.79 Å². The molecule has 0 aromatic carbocycles. The Morgan fingerprint density at radius 1 is 1.42 bits per heavy atom. The molecule has 0 aliphatic carbocycles. The summed E-state index contributed by atoms with van der Waals surface area (Å²) >= 11 is 1.70. The predicted octanol–water partition coefficient (Wildman–Crippen LogP) is 3.25. The number of nitrogens with one attached hydrogen (secondary N) is 1. The van der Waals surface area contributed by atoms with Crippen LogP contribution in [0.4, 0.5) is 4.79 Å². The fourth-order valence-corrected chi connectivity index (χ4v) is 3.62. The van der Waals surface area contributed by atoms with Crippen molar-refractivity contribution in [3.05, 3.63) is 33.5 Å². The van der Waals surface area contributed by atoms with E-state index >= 15 is 0 Å². The first-order valence-electron chi connectivity index (χ1n) is 8.25. The molecular formula is C17H27N5OS. The van der Waals surface area contributed by atoms with Crippen molar-refractivity contribution >= 4 is 17.4 Å². The molecule has 0 saturated carbocycles. The van der Waals surface area contributed by atoms with Crippen LogP contribution in [0.5, 0.6) is 0 Å². The van der Waals surface area contributed by atoms with Crippen LogP contribution in [0, 0.1) is 6.92 Å². The zero-order valence-corrected chi connectivity index (χ0v) is 16.1. The second-order valence-electron chi connectivity index (χ2n) is 6.45. The minimum Gasteiger partial charge on any atom is -0.338 e. The van der Waals surface area contributed by atoms with Gasteiger partial charge >= 0.3 is 6.03 Å². The number of thiazole rings is 1. The summed E-state index contributed by atoms with van der Waals surface area (Å²) in [7, 11) is 3.72. The normalized spacial score (nSPS) is 12.5. The monoisotopic (exact) mass is 349 g/mol. The summed E-state index contributed by atoms with van der Waals surface area (Å²) in [4.78, 5) is 19.9. The van der Waals surface area contributed by atoms with Gasteiger partial charge in [0.15, 0.2) is 0 Å². The van der Waals surface area contributed by atoms with Crippen LogP contribution in [0.3, 0.4) is 0 Å². The SMILES string of the molecule is Cc1nc(C(C)C)sc1[C@@H](C)N(C)C(=O)NCCc1cnn(C)c1. The van der Waals surface area contributed by atoms with Gasteiger partial charge in [0.1, 0.15) is 0 Å². The zero-order valence-electron chi connectivity index (χ0n) is 15.3. The van der Waals surface area contributed by atoms with Crippen LogP contribution in [-0.2, 0) is 13.5 Å². The minimum absolute atomic E-state index is 0.00777. The minimum atomic E-state index is -0.0645. The maximum absolute atomic E-state index is 12.4. The Hall–Kier alpha value is -1.89. The summed E-state index contributed by atoms with van der Waals surface area (Å²) in [6.45, 7) is 8.94. The number of carbonyl (C=O) groups is 1. The molecule has 6 nitrogen and oxygen atoms in total. The fraction of sp³-hybridized carbons (Fsp3) is 0.588. The van der Waals surface area contributed by atoms with Crippen molar-refractivity contribution < 1.29 is 4.79 Å². The van der Waals surface area contributed by atoms with Crippen LogP contribution >= 0.6 is 11.3 Å². The van der Waals surface area contributed by atoms with Gasteiger partial charge in [-0.05, 0) is 25.8 Å². The average Bonchev–Trinajstić information content (AvgIpc) is 3.11. The van der Waals surface area contributed by atoms with Crippen molar-refractivity contribution in [2.24, 2.45) is 7.05 Å². The quantitative estimate of drug-likeness (QED) is 0.871. The molecule has 1 atom stereocenters. The Labute approximate surface area is 147 Å². The Kier molecular flexibility index (Phi) is 5.99. The van der Waals surface area contributed by atoms with Crippen molar-refractivity contribution in [1.82, 2.24) is 25.0 Å². The van der Waals surface area contributed by atoms with E-state index in [1.807, 2.05) is 40.3 Å². The summed E-state index contributed by atoms with van der Waals surface area (Å²) in [6, 6.07) is -0.0568. The van der Waals surface area contributed by atoms with Crippen molar-refractivity contribution in [2.75, 3.05) is 13.6 Å². The Morgan fingerprint density at radius 3 is 2.67 bits per heavy atom. The third-order valence-corrected chi connectivity index (χ3v) is 5.70. The van der Waals surface area contributed by atoms with Gasteiger partial charge in [0.2, 0.25) is 0 Å². The number of carbonyl (C=O) groups excluding carboxylic acids is 1. The molecule has 0 unspecified atom stereocenters. The summed E-state index contributed by atoms with van der Waals surface area (Å²) in [5.41, 5.74) is 2.14. The molecule has 0 spiro atoms. The second-order valence-corrected chi connectivity index (χ2v) is 7.51. The van der Waals surface area contributed by atoms with E-state index in [4.69, 9.17) is 0 Å². The van der Waals surface area contributed by atoms with Gasteiger partial charge in [-0.25, -0.2) is 9.78 Å². The van der Waals surface area contributed by atoms with E-state index in [-0.39, 0.29) is 12.1 Å². The van der Waals surface area contributed by atoms with E-state index in [0.717, 1.165) is 27.6 Å². The number of amides is 2. The van der Waals surface area contributed by atoms with Gasteiger partial charge in [-0.15, -0.1) is 11.3 Å². The van der Waals surface area contributed by atoms with Crippen LogP contribution in [0.15, 0.2) is 12.4 Å². The van der Waals surface area contributed by atoms with E-state index in [1.165, 1.54) is 0 Å². The average molecular weight is 350 g/mol. The molecule has 1 N–H and O–H groups in total.